The molecule has 0 aliphatic carbocycles. The quantitative estimate of drug-likeness (QED) is 0.803. The Bertz CT molecular complexity index is 547. The zero-order valence-electron chi connectivity index (χ0n) is 11.8. The van der Waals surface area contributed by atoms with E-state index in [0.29, 0.717) is 13.0 Å². The van der Waals surface area contributed by atoms with Crippen molar-refractivity contribution >= 4 is 16.8 Å². The van der Waals surface area contributed by atoms with Crippen LogP contribution in [0.1, 0.15) is 17.7 Å². The van der Waals surface area contributed by atoms with Crippen LogP contribution in [-0.2, 0) is 18.4 Å². The van der Waals surface area contributed by atoms with Crippen LogP contribution in [0.4, 0.5) is 0 Å². The highest BCUT2D eigenvalue weighted by Gasteiger charge is 2.10. The van der Waals surface area contributed by atoms with Gasteiger partial charge in [-0.15, -0.1) is 0 Å². The molecule has 0 saturated heterocycles. The minimum absolute atomic E-state index is 0.0706. The standard InChI is InChI=1S/C15H21N3O/c1-11-12-6-4-5-7-13(12)18(3)14(11)10-17-9-8-15(19)16-2/h4-7,17H,8-10H2,1-3H3,(H,16,19). The van der Waals surface area contributed by atoms with Gasteiger partial charge in [-0.05, 0) is 18.6 Å². The van der Waals surface area contributed by atoms with Gasteiger partial charge in [0.1, 0.15) is 0 Å². The molecular weight excluding hydrogens is 238 g/mol. The summed E-state index contributed by atoms with van der Waals surface area (Å²) in [7, 11) is 3.75. The number of amides is 1. The summed E-state index contributed by atoms with van der Waals surface area (Å²) in [4.78, 5) is 11.1. The highest BCUT2D eigenvalue weighted by atomic mass is 16.1. The molecule has 2 rings (SSSR count). The molecule has 0 aliphatic heterocycles. The van der Waals surface area contributed by atoms with Gasteiger partial charge in [0.15, 0.2) is 0 Å². The number of carbonyl (C=O) groups excluding carboxylic acids is 1. The van der Waals surface area contributed by atoms with Gasteiger partial charge < -0.3 is 15.2 Å². The fourth-order valence-electron chi connectivity index (χ4n) is 2.42. The van der Waals surface area contributed by atoms with Crippen LogP contribution >= 0.6 is 0 Å². The molecule has 1 aromatic carbocycles. The summed E-state index contributed by atoms with van der Waals surface area (Å²) >= 11 is 0. The van der Waals surface area contributed by atoms with Crippen LogP contribution in [0, 0.1) is 6.92 Å². The number of para-hydroxylation sites is 1. The molecule has 0 unspecified atom stereocenters. The molecule has 0 fully saturated rings. The van der Waals surface area contributed by atoms with Gasteiger partial charge in [-0.25, -0.2) is 0 Å². The van der Waals surface area contributed by atoms with Crippen molar-refractivity contribution in [3.8, 4) is 0 Å². The van der Waals surface area contributed by atoms with E-state index in [1.165, 1.54) is 22.2 Å². The molecule has 2 N–H and O–H groups in total. The Hall–Kier alpha value is -1.81. The van der Waals surface area contributed by atoms with Crippen LogP contribution in [0.15, 0.2) is 24.3 Å². The zero-order valence-corrected chi connectivity index (χ0v) is 11.8. The molecule has 4 nitrogen and oxygen atoms in total. The van der Waals surface area contributed by atoms with Crippen molar-refractivity contribution in [2.45, 2.75) is 19.9 Å². The van der Waals surface area contributed by atoms with Crippen molar-refractivity contribution in [3.63, 3.8) is 0 Å². The highest BCUT2D eigenvalue weighted by molar-refractivity contribution is 5.85. The molecule has 1 amide bonds. The molecule has 0 atom stereocenters. The molecule has 0 aliphatic rings. The van der Waals surface area contributed by atoms with Gasteiger partial charge in [-0.3, -0.25) is 4.79 Å². The van der Waals surface area contributed by atoms with Crippen molar-refractivity contribution in [1.82, 2.24) is 15.2 Å². The maximum absolute atomic E-state index is 11.1. The molecule has 0 radical (unpaired) electrons. The Morgan fingerprint density at radius 3 is 2.74 bits per heavy atom. The molecule has 1 aromatic heterocycles. The lowest BCUT2D eigenvalue weighted by Crippen LogP contribution is -2.25. The first-order valence-corrected chi connectivity index (χ1v) is 6.59. The Morgan fingerprint density at radius 1 is 1.32 bits per heavy atom. The summed E-state index contributed by atoms with van der Waals surface area (Å²) in [6.07, 6.45) is 0.513. The normalized spacial score (nSPS) is 10.9. The van der Waals surface area contributed by atoms with Crippen molar-refractivity contribution < 1.29 is 4.79 Å². The number of carbonyl (C=O) groups is 1. The van der Waals surface area contributed by atoms with Gasteiger partial charge in [0.2, 0.25) is 5.91 Å². The summed E-state index contributed by atoms with van der Waals surface area (Å²) in [6, 6.07) is 8.41. The first-order valence-electron chi connectivity index (χ1n) is 6.59. The maximum atomic E-state index is 11.1. The van der Waals surface area contributed by atoms with E-state index in [0.717, 1.165) is 6.54 Å². The summed E-state index contributed by atoms with van der Waals surface area (Å²) in [5.41, 5.74) is 3.84. The van der Waals surface area contributed by atoms with Gasteiger partial charge >= 0.3 is 0 Å². The van der Waals surface area contributed by atoms with E-state index in [1.54, 1.807) is 7.05 Å². The molecule has 4 heteroatoms. The van der Waals surface area contributed by atoms with Crippen LogP contribution in [0.5, 0.6) is 0 Å². The molecule has 0 spiro atoms. The first-order chi connectivity index (χ1) is 9.15. The highest BCUT2D eigenvalue weighted by Crippen LogP contribution is 2.24. The molecule has 0 saturated carbocycles. The van der Waals surface area contributed by atoms with Gasteiger partial charge in [0, 0.05) is 50.2 Å². The number of fused-ring (bicyclic) bond motifs is 1. The van der Waals surface area contributed by atoms with Gasteiger partial charge in [0.25, 0.3) is 0 Å². The molecule has 102 valence electrons. The number of hydrogen-bond acceptors (Lipinski definition) is 2. The summed E-state index contributed by atoms with van der Waals surface area (Å²) < 4.78 is 2.22. The number of benzene rings is 1. The topological polar surface area (TPSA) is 46.1 Å². The second-order valence-electron chi connectivity index (χ2n) is 4.75. The van der Waals surface area contributed by atoms with E-state index < -0.39 is 0 Å². The van der Waals surface area contributed by atoms with Crippen LogP contribution < -0.4 is 10.6 Å². The van der Waals surface area contributed by atoms with Crippen molar-refractivity contribution in [1.29, 1.82) is 0 Å². The van der Waals surface area contributed by atoms with Crippen LogP contribution in [0.25, 0.3) is 10.9 Å². The minimum atomic E-state index is 0.0706. The van der Waals surface area contributed by atoms with E-state index in [-0.39, 0.29) is 5.91 Å². The largest absolute Gasteiger partial charge is 0.359 e. The third-order valence-electron chi connectivity index (χ3n) is 3.61. The Kier molecular flexibility index (Phi) is 4.22. The summed E-state index contributed by atoms with van der Waals surface area (Å²) in [5, 5.41) is 7.25. The average molecular weight is 259 g/mol. The first kappa shape index (κ1) is 13.6. The molecular formula is C15H21N3O. The maximum Gasteiger partial charge on any atom is 0.221 e. The lowest BCUT2D eigenvalue weighted by Gasteiger charge is -2.07. The fraction of sp³-hybridized carbons (Fsp3) is 0.400. The van der Waals surface area contributed by atoms with Crippen LogP contribution in [0.2, 0.25) is 0 Å². The van der Waals surface area contributed by atoms with Crippen LogP contribution in [0.3, 0.4) is 0 Å². The number of aromatic nitrogens is 1. The van der Waals surface area contributed by atoms with E-state index >= 15 is 0 Å². The van der Waals surface area contributed by atoms with Gasteiger partial charge in [-0.1, -0.05) is 18.2 Å². The number of hydrogen-bond donors (Lipinski definition) is 2. The van der Waals surface area contributed by atoms with E-state index in [1.807, 2.05) is 0 Å². The Balaban J connectivity index is 2.07. The molecule has 0 bridgehead atoms. The van der Waals surface area contributed by atoms with Gasteiger partial charge in [-0.2, -0.15) is 0 Å². The second kappa shape index (κ2) is 5.89. The molecule has 1 heterocycles. The monoisotopic (exact) mass is 259 g/mol. The smallest absolute Gasteiger partial charge is 0.221 e. The average Bonchev–Trinajstić information content (AvgIpc) is 2.68. The fourth-order valence-corrected chi connectivity index (χ4v) is 2.42. The SMILES string of the molecule is CNC(=O)CCNCc1c(C)c2ccccc2n1C. The minimum Gasteiger partial charge on any atom is -0.359 e. The lowest BCUT2D eigenvalue weighted by atomic mass is 10.1. The molecule has 2 aromatic rings. The third-order valence-corrected chi connectivity index (χ3v) is 3.61. The third kappa shape index (κ3) is 2.79. The Labute approximate surface area is 113 Å². The van der Waals surface area contributed by atoms with Crippen molar-refractivity contribution in [2.24, 2.45) is 7.05 Å². The summed E-state index contributed by atoms with van der Waals surface area (Å²) in [6.45, 7) is 3.63. The zero-order chi connectivity index (χ0) is 13.8. The van der Waals surface area contributed by atoms with E-state index in [4.69, 9.17) is 0 Å². The number of aryl methyl sites for hydroxylation is 2. The predicted octanol–water partition coefficient (Wildman–Crippen LogP) is 1.71. The number of nitrogens with zero attached hydrogens (tertiary/aromatic N) is 1. The van der Waals surface area contributed by atoms with Gasteiger partial charge in [0.05, 0.1) is 0 Å². The number of nitrogens with one attached hydrogen (secondary N) is 2. The summed E-state index contributed by atoms with van der Waals surface area (Å²) in [5.74, 6) is 0.0706. The van der Waals surface area contributed by atoms with Crippen molar-refractivity contribution in [2.75, 3.05) is 13.6 Å². The predicted molar refractivity (Wildman–Crippen MR) is 78.0 cm³/mol. The Morgan fingerprint density at radius 2 is 2.05 bits per heavy atom. The van der Waals surface area contributed by atoms with Crippen LogP contribution in [-0.4, -0.2) is 24.1 Å². The number of rotatable bonds is 5. The second-order valence-corrected chi connectivity index (χ2v) is 4.75. The van der Waals surface area contributed by atoms with E-state index in [9.17, 15) is 4.79 Å². The van der Waals surface area contributed by atoms with Crippen molar-refractivity contribution in [3.05, 3.63) is 35.5 Å². The van der Waals surface area contributed by atoms with E-state index in [2.05, 4.69) is 53.4 Å². The lowest BCUT2D eigenvalue weighted by molar-refractivity contribution is -0.120. The molecule has 19 heavy (non-hydrogen) atoms.